The number of aryl methyl sites for hydroxylation is 1. The van der Waals surface area contributed by atoms with E-state index in [1.54, 1.807) is 23.1 Å². The van der Waals surface area contributed by atoms with Crippen LogP contribution in [0.15, 0.2) is 55.1 Å². The third-order valence-corrected chi connectivity index (χ3v) is 6.15. The number of ether oxygens (including phenoxy) is 2. The van der Waals surface area contributed by atoms with Gasteiger partial charge < -0.3 is 14.4 Å². The quantitative estimate of drug-likeness (QED) is 0.308. The summed E-state index contributed by atoms with van der Waals surface area (Å²) in [5.41, 5.74) is 2.61. The number of aromatic nitrogens is 6. The van der Waals surface area contributed by atoms with Crippen LogP contribution in [0.2, 0.25) is 0 Å². The van der Waals surface area contributed by atoms with Crippen molar-refractivity contribution >= 4 is 5.95 Å². The van der Waals surface area contributed by atoms with Crippen molar-refractivity contribution in [3.63, 3.8) is 0 Å². The van der Waals surface area contributed by atoms with E-state index < -0.39 is 6.61 Å². The topological polar surface area (TPSA) is 83.1 Å². The second-order valence-electron chi connectivity index (χ2n) is 8.57. The molecule has 1 aliphatic carbocycles. The van der Waals surface area contributed by atoms with Gasteiger partial charge in [0.25, 0.3) is 0 Å². The number of alkyl halides is 2. The van der Waals surface area contributed by atoms with E-state index in [0.717, 1.165) is 29.9 Å². The van der Waals surface area contributed by atoms with Gasteiger partial charge in [0, 0.05) is 24.6 Å². The second kappa shape index (κ2) is 10.3. The molecule has 1 aliphatic rings. The van der Waals surface area contributed by atoms with Crippen LogP contribution < -0.4 is 14.4 Å². The summed E-state index contributed by atoms with van der Waals surface area (Å²) in [4.78, 5) is 6.24. The van der Waals surface area contributed by atoms with Crippen molar-refractivity contribution < 1.29 is 18.3 Å². The molecule has 11 heteroatoms. The van der Waals surface area contributed by atoms with Crippen molar-refractivity contribution in [2.24, 2.45) is 0 Å². The minimum Gasteiger partial charge on any atom is -0.497 e. The number of hydrogen-bond acceptors (Lipinski definition) is 7. The maximum atomic E-state index is 13.1. The number of anilines is 1. The fourth-order valence-corrected chi connectivity index (χ4v) is 4.19. The van der Waals surface area contributed by atoms with E-state index in [2.05, 4.69) is 37.3 Å². The fourth-order valence-electron chi connectivity index (χ4n) is 4.19. The first-order valence-corrected chi connectivity index (χ1v) is 11.8. The zero-order valence-electron chi connectivity index (χ0n) is 20.1. The summed E-state index contributed by atoms with van der Waals surface area (Å²) in [6, 6.07) is 13.3. The molecule has 0 unspecified atom stereocenters. The molecule has 5 rings (SSSR count). The Hall–Kier alpha value is -4.02. The highest BCUT2D eigenvalue weighted by Gasteiger charge is 2.33. The second-order valence-corrected chi connectivity index (χ2v) is 8.57. The first kappa shape index (κ1) is 23.7. The zero-order chi connectivity index (χ0) is 25.1. The van der Waals surface area contributed by atoms with Crippen molar-refractivity contribution in [1.82, 2.24) is 29.5 Å². The molecule has 2 aromatic heterocycles. The molecule has 0 aliphatic heterocycles. The van der Waals surface area contributed by atoms with Crippen molar-refractivity contribution in [3.8, 4) is 17.2 Å². The van der Waals surface area contributed by atoms with E-state index in [-0.39, 0.29) is 12.3 Å². The van der Waals surface area contributed by atoms with Gasteiger partial charge in [-0.05, 0) is 48.7 Å². The van der Waals surface area contributed by atoms with Crippen LogP contribution >= 0.6 is 0 Å². The normalized spacial score (nSPS) is 13.2. The van der Waals surface area contributed by atoms with Crippen LogP contribution in [0.4, 0.5) is 14.7 Å². The van der Waals surface area contributed by atoms with Crippen LogP contribution in [0, 0.1) is 0 Å². The molecule has 1 saturated carbocycles. The Bertz CT molecular complexity index is 1290. The van der Waals surface area contributed by atoms with Gasteiger partial charge in [-0.25, -0.2) is 9.67 Å². The van der Waals surface area contributed by atoms with E-state index in [9.17, 15) is 8.78 Å². The molecule has 188 valence electrons. The highest BCUT2D eigenvalue weighted by Crippen LogP contribution is 2.34. The lowest BCUT2D eigenvalue weighted by Crippen LogP contribution is -2.29. The number of hydrogen-bond donors (Lipinski definition) is 0. The van der Waals surface area contributed by atoms with Gasteiger partial charge in [-0.3, -0.25) is 4.57 Å². The molecule has 9 nitrogen and oxygen atoms in total. The Morgan fingerprint density at radius 3 is 2.56 bits per heavy atom. The molecule has 0 amide bonds. The summed E-state index contributed by atoms with van der Waals surface area (Å²) in [7, 11) is 1.54. The summed E-state index contributed by atoms with van der Waals surface area (Å²) in [6.07, 6.45) is 5.92. The summed E-state index contributed by atoms with van der Waals surface area (Å²) >= 11 is 0. The van der Waals surface area contributed by atoms with Crippen LogP contribution in [-0.2, 0) is 19.5 Å². The van der Waals surface area contributed by atoms with E-state index in [1.165, 1.54) is 19.5 Å². The van der Waals surface area contributed by atoms with Crippen molar-refractivity contribution in [1.29, 1.82) is 0 Å². The molecule has 0 bridgehead atoms. The third kappa shape index (κ3) is 5.14. The Balaban J connectivity index is 1.45. The van der Waals surface area contributed by atoms with E-state index in [1.807, 2.05) is 23.6 Å². The molecule has 0 spiro atoms. The van der Waals surface area contributed by atoms with Crippen molar-refractivity contribution in [2.45, 2.75) is 51.9 Å². The smallest absolute Gasteiger partial charge is 0.387 e. The number of nitrogens with zero attached hydrogens (tertiary/aromatic N) is 7. The maximum absolute atomic E-state index is 13.1. The SMILES string of the molecule is CCc1nnc(N(Cc2ccc(-n3cncn3)cc2)C2CC2)n1Cc1cc(OC)ccc1OC(F)F. The summed E-state index contributed by atoms with van der Waals surface area (Å²) < 4.78 is 40.0. The fraction of sp³-hybridized carbons (Fsp3) is 0.360. The van der Waals surface area contributed by atoms with Crippen LogP contribution in [-0.4, -0.2) is 49.3 Å². The third-order valence-electron chi connectivity index (χ3n) is 6.15. The highest BCUT2D eigenvalue weighted by molar-refractivity contribution is 5.44. The Labute approximate surface area is 207 Å². The van der Waals surface area contributed by atoms with Crippen LogP contribution in [0.1, 0.15) is 36.7 Å². The minimum atomic E-state index is -2.92. The van der Waals surface area contributed by atoms with E-state index in [0.29, 0.717) is 36.3 Å². The largest absolute Gasteiger partial charge is 0.497 e. The van der Waals surface area contributed by atoms with Crippen molar-refractivity contribution in [2.75, 3.05) is 12.0 Å². The minimum absolute atomic E-state index is 0.106. The lowest BCUT2D eigenvalue weighted by Gasteiger charge is -2.25. The molecule has 0 N–H and O–H groups in total. The van der Waals surface area contributed by atoms with Gasteiger partial charge in [-0.1, -0.05) is 19.1 Å². The van der Waals surface area contributed by atoms with Gasteiger partial charge in [0.2, 0.25) is 5.95 Å². The van der Waals surface area contributed by atoms with Crippen LogP contribution in [0.3, 0.4) is 0 Å². The molecular weight excluding hydrogens is 468 g/mol. The summed E-state index contributed by atoms with van der Waals surface area (Å²) in [5, 5.41) is 13.1. The predicted molar refractivity (Wildman–Crippen MR) is 129 cm³/mol. The molecule has 2 aromatic carbocycles. The number of benzene rings is 2. The number of methoxy groups -OCH3 is 1. The maximum Gasteiger partial charge on any atom is 0.387 e. The Morgan fingerprint density at radius 2 is 1.92 bits per heavy atom. The molecule has 0 saturated heterocycles. The van der Waals surface area contributed by atoms with Gasteiger partial charge in [0.15, 0.2) is 0 Å². The Kier molecular flexibility index (Phi) is 6.79. The van der Waals surface area contributed by atoms with Gasteiger partial charge in [-0.2, -0.15) is 13.9 Å². The predicted octanol–water partition coefficient (Wildman–Crippen LogP) is 4.25. The average Bonchev–Trinajstić information content (AvgIpc) is 3.42. The van der Waals surface area contributed by atoms with E-state index in [4.69, 9.17) is 9.47 Å². The molecule has 0 radical (unpaired) electrons. The van der Waals surface area contributed by atoms with E-state index >= 15 is 0 Å². The van der Waals surface area contributed by atoms with Crippen LogP contribution in [0.5, 0.6) is 11.5 Å². The molecule has 1 fully saturated rings. The average molecular weight is 496 g/mol. The van der Waals surface area contributed by atoms with Crippen LogP contribution in [0.25, 0.3) is 5.69 Å². The lowest BCUT2D eigenvalue weighted by atomic mass is 10.1. The number of rotatable bonds is 11. The lowest BCUT2D eigenvalue weighted by molar-refractivity contribution is -0.0505. The van der Waals surface area contributed by atoms with Gasteiger partial charge in [-0.15, -0.1) is 10.2 Å². The highest BCUT2D eigenvalue weighted by atomic mass is 19.3. The van der Waals surface area contributed by atoms with Gasteiger partial charge in [0.1, 0.15) is 30.0 Å². The van der Waals surface area contributed by atoms with Crippen molar-refractivity contribution in [3.05, 3.63) is 72.1 Å². The molecule has 4 aromatic rings. The first-order chi connectivity index (χ1) is 17.6. The zero-order valence-corrected chi connectivity index (χ0v) is 20.1. The van der Waals surface area contributed by atoms with Gasteiger partial charge in [0.05, 0.1) is 19.3 Å². The summed E-state index contributed by atoms with van der Waals surface area (Å²) in [5.74, 6) is 2.14. The molecule has 2 heterocycles. The molecule has 0 atom stereocenters. The standard InChI is InChI=1S/C25H27F2N7O2/c1-3-23-30-31-25(33(23)14-18-12-21(35-2)10-11-22(18)36-24(26)27)32(19-8-9-19)13-17-4-6-20(7-5-17)34-16-28-15-29-34/h4-7,10-12,15-16,19,24H,3,8-9,13-14H2,1-2H3. The van der Waals surface area contributed by atoms with Gasteiger partial charge >= 0.3 is 6.61 Å². The molecule has 36 heavy (non-hydrogen) atoms. The Morgan fingerprint density at radius 1 is 1.11 bits per heavy atom. The molecular formula is C25H27F2N7O2. The monoisotopic (exact) mass is 495 g/mol. The first-order valence-electron chi connectivity index (χ1n) is 11.8. The number of halogens is 2. The summed E-state index contributed by atoms with van der Waals surface area (Å²) in [6.45, 7) is -0.00910.